The number of nitrogens with zero attached hydrogens (tertiary/aromatic N) is 4. The molecule has 122 valence electrons. The molecule has 1 aromatic heterocycles. The monoisotopic (exact) mass is 328 g/mol. The van der Waals surface area contributed by atoms with Crippen molar-refractivity contribution < 1.29 is 17.9 Å². The number of fused-ring (bicyclic) bond motifs is 1. The lowest BCUT2D eigenvalue weighted by atomic mass is 10.0. The molecular weight excluding hydrogens is 308 g/mol. The smallest absolute Gasteiger partial charge is 0.274 e. The van der Waals surface area contributed by atoms with Crippen LogP contribution in [0.25, 0.3) is 0 Å². The van der Waals surface area contributed by atoms with Gasteiger partial charge in [0.1, 0.15) is 5.69 Å². The predicted molar refractivity (Wildman–Crippen MR) is 78.8 cm³/mol. The number of morpholine rings is 1. The maximum Gasteiger partial charge on any atom is 0.274 e. The van der Waals surface area contributed by atoms with Crippen LogP contribution in [-0.2, 0) is 21.8 Å². The standard InChI is InChI=1S/C13H20N4O4S/c1-15-5-3-10(14-15)13(18)16-6-4-12-11(9-16)17(7-8-21-12)22(2,19)20/h3,5,11-12H,4,6-9H2,1-2H3/t11-,12-/m0/s1. The number of amides is 1. The van der Waals surface area contributed by atoms with Crippen molar-refractivity contribution in [2.75, 3.05) is 32.5 Å². The van der Waals surface area contributed by atoms with Crippen molar-refractivity contribution in [3.8, 4) is 0 Å². The van der Waals surface area contributed by atoms with Gasteiger partial charge in [-0.15, -0.1) is 0 Å². The van der Waals surface area contributed by atoms with Gasteiger partial charge in [0, 0.05) is 32.9 Å². The van der Waals surface area contributed by atoms with Crippen LogP contribution in [0.3, 0.4) is 0 Å². The molecule has 0 radical (unpaired) electrons. The Morgan fingerprint density at radius 3 is 2.82 bits per heavy atom. The van der Waals surface area contributed by atoms with Crippen molar-refractivity contribution in [2.45, 2.75) is 18.6 Å². The summed E-state index contributed by atoms with van der Waals surface area (Å²) in [4.78, 5) is 14.1. The minimum Gasteiger partial charge on any atom is -0.375 e. The molecule has 0 spiro atoms. The van der Waals surface area contributed by atoms with Crippen molar-refractivity contribution in [1.29, 1.82) is 0 Å². The molecule has 2 aliphatic rings. The molecule has 2 atom stereocenters. The van der Waals surface area contributed by atoms with E-state index in [4.69, 9.17) is 4.74 Å². The highest BCUT2D eigenvalue weighted by molar-refractivity contribution is 7.88. The number of aryl methyl sites for hydroxylation is 1. The van der Waals surface area contributed by atoms with Crippen LogP contribution >= 0.6 is 0 Å². The molecule has 0 unspecified atom stereocenters. The van der Waals surface area contributed by atoms with E-state index >= 15 is 0 Å². The zero-order valence-electron chi connectivity index (χ0n) is 12.7. The first-order valence-electron chi connectivity index (χ1n) is 7.23. The summed E-state index contributed by atoms with van der Waals surface area (Å²) < 4.78 is 32.6. The Morgan fingerprint density at radius 2 is 2.18 bits per heavy atom. The van der Waals surface area contributed by atoms with Crippen molar-refractivity contribution in [1.82, 2.24) is 19.0 Å². The second-order valence-electron chi connectivity index (χ2n) is 5.76. The lowest BCUT2D eigenvalue weighted by Gasteiger charge is -2.45. The van der Waals surface area contributed by atoms with Gasteiger partial charge in [0.25, 0.3) is 5.91 Å². The zero-order chi connectivity index (χ0) is 15.9. The van der Waals surface area contributed by atoms with E-state index in [9.17, 15) is 13.2 Å². The topological polar surface area (TPSA) is 84.7 Å². The number of likely N-dealkylation sites (tertiary alicyclic amines) is 1. The quantitative estimate of drug-likeness (QED) is 0.716. The molecule has 0 bridgehead atoms. The Bertz CT molecular complexity index is 671. The predicted octanol–water partition coefficient (Wildman–Crippen LogP) is -0.705. The molecule has 0 aromatic carbocycles. The molecule has 2 saturated heterocycles. The Kier molecular flexibility index (Phi) is 3.96. The number of hydrogen-bond donors (Lipinski definition) is 0. The van der Waals surface area contributed by atoms with E-state index in [1.165, 1.54) is 10.6 Å². The summed E-state index contributed by atoms with van der Waals surface area (Å²) in [5.41, 5.74) is 0.378. The molecule has 0 saturated carbocycles. The summed E-state index contributed by atoms with van der Waals surface area (Å²) in [6.45, 7) is 1.63. The first-order chi connectivity index (χ1) is 10.4. The second kappa shape index (κ2) is 5.64. The van der Waals surface area contributed by atoms with E-state index in [0.717, 1.165) is 0 Å². The maximum absolute atomic E-state index is 12.5. The Hall–Kier alpha value is -1.45. The number of aromatic nitrogens is 2. The van der Waals surface area contributed by atoms with Crippen LogP contribution in [0.1, 0.15) is 16.9 Å². The highest BCUT2D eigenvalue weighted by Crippen LogP contribution is 2.25. The zero-order valence-corrected chi connectivity index (χ0v) is 13.5. The first-order valence-corrected chi connectivity index (χ1v) is 9.08. The first kappa shape index (κ1) is 15.4. The second-order valence-corrected chi connectivity index (χ2v) is 7.70. The molecule has 1 amide bonds. The molecule has 2 aliphatic heterocycles. The Labute approximate surface area is 129 Å². The fourth-order valence-corrected chi connectivity index (χ4v) is 4.23. The van der Waals surface area contributed by atoms with E-state index in [1.807, 2.05) is 0 Å². The van der Waals surface area contributed by atoms with Crippen molar-refractivity contribution in [3.05, 3.63) is 18.0 Å². The summed E-state index contributed by atoms with van der Waals surface area (Å²) in [6.07, 6.45) is 3.41. The van der Waals surface area contributed by atoms with Gasteiger partial charge < -0.3 is 9.64 Å². The third-order valence-corrected chi connectivity index (χ3v) is 5.48. The molecule has 8 nitrogen and oxygen atoms in total. The van der Waals surface area contributed by atoms with Gasteiger partial charge in [0.05, 0.1) is 25.0 Å². The fourth-order valence-electron chi connectivity index (χ4n) is 3.13. The fraction of sp³-hybridized carbons (Fsp3) is 0.692. The average Bonchev–Trinajstić information content (AvgIpc) is 2.91. The molecule has 1 aromatic rings. The van der Waals surface area contributed by atoms with Crippen LogP contribution in [0.15, 0.2) is 12.3 Å². The highest BCUT2D eigenvalue weighted by atomic mass is 32.2. The maximum atomic E-state index is 12.5. The van der Waals surface area contributed by atoms with Gasteiger partial charge in [-0.05, 0) is 12.5 Å². The Morgan fingerprint density at radius 1 is 1.41 bits per heavy atom. The van der Waals surface area contributed by atoms with Gasteiger partial charge in [-0.3, -0.25) is 9.48 Å². The van der Waals surface area contributed by atoms with Crippen LogP contribution in [0.5, 0.6) is 0 Å². The minimum atomic E-state index is -3.31. The van der Waals surface area contributed by atoms with Gasteiger partial charge in [-0.25, -0.2) is 8.42 Å². The summed E-state index contributed by atoms with van der Waals surface area (Å²) in [7, 11) is -1.56. The lowest BCUT2D eigenvalue weighted by molar-refractivity contribution is -0.0705. The van der Waals surface area contributed by atoms with Gasteiger partial charge in [-0.2, -0.15) is 9.40 Å². The number of rotatable bonds is 2. The van der Waals surface area contributed by atoms with E-state index in [2.05, 4.69) is 5.10 Å². The molecule has 3 heterocycles. The normalized spacial score (nSPS) is 26.7. The van der Waals surface area contributed by atoms with Crippen LogP contribution < -0.4 is 0 Å². The van der Waals surface area contributed by atoms with Gasteiger partial charge in [-0.1, -0.05) is 0 Å². The van der Waals surface area contributed by atoms with Gasteiger partial charge >= 0.3 is 0 Å². The molecule has 0 N–H and O–H groups in total. The minimum absolute atomic E-state index is 0.142. The number of sulfonamides is 1. The number of carbonyl (C=O) groups is 1. The number of piperidine rings is 1. The number of hydrogen-bond acceptors (Lipinski definition) is 5. The van der Waals surface area contributed by atoms with Crippen molar-refractivity contribution in [2.24, 2.45) is 7.05 Å². The molecule has 9 heteroatoms. The summed E-state index contributed by atoms with van der Waals surface area (Å²) in [5, 5.41) is 4.12. The van der Waals surface area contributed by atoms with Gasteiger partial charge in [0.2, 0.25) is 10.0 Å². The summed E-state index contributed by atoms with van der Waals surface area (Å²) in [6, 6.07) is 1.35. The largest absolute Gasteiger partial charge is 0.375 e. The van der Waals surface area contributed by atoms with Crippen molar-refractivity contribution in [3.63, 3.8) is 0 Å². The SMILES string of the molecule is Cn1ccc(C(=O)N2CC[C@@H]3OCCN(S(C)(=O)=O)[C@H]3C2)n1. The lowest BCUT2D eigenvalue weighted by Crippen LogP contribution is -2.61. The van der Waals surface area contributed by atoms with E-state index < -0.39 is 10.0 Å². The highest BCUT2D eigenvalue weighted by Gasteiger charge is 2.42. The van der Waals surface area contributed by atoms with Crippen LogP contribution in [0.4, 0.5) is 0 Å². The van der Waals surface area contributed by atoms with E-state index in [-0.39, 0.29) is 18.1 Å². The van der Waals surface area contributed by atoms with Crippen LogP contribution in [0, 0.1) is 0 Å². The summed E-state index contributed by atoms with van der Waals surface area (Å²) in [5.74, 6) is -0.168. The Balaban J connectivity index is 1.79. The van der Waals surface area contributed by atoms with Crippen LogP contribution in [-0.4, -0.2) is 78.0 Å². The van der Waals surface area contributed by atoms with Gasteiger partial charge in [0.15, 0.2) is 0 Å². The van der Waals surface area contributed by atoms with Crippen LogP contribution in [0.2, 0.25) is 0 Å². The molecule has 0 aliphatic carbocycles. The van der Waals surface area contributed by atoms with E-state index in [0.29, 0.717) is 38.4 Å². The molecule has 3 rings (SSSR count). The molecular formula is C13H20N4O4S. The average molecular weight is 328 g/mol. The number of carbonyl (C=O) groups excluding carboxylic acids is 1. The van der Waals surface area contributed by atoms with Crippen molar-refractivity contribution >= 4 is 15.9 Å². The summed E-state index contributed by atoms with van der Waals surface area (Å²) >= 11 is 0. The van der Waals surface area contributed by atoms with E-state index in [1.54, 1.807) is 28.9 Å². The number of ether oxygens (including phenoxy) is 1. The molecule has 22 heavy (non-hydrogen) atoms. The third kappa shape index (κ3) is 2.88. The third-order valence-electron chi connectivity index (χ3n) is 4.18. The molecule has 2 fully saturated rings.